The van der Waals surface area contributed by atoms with E-state index in [0.29, 0.717) is 11.6 Å². The highest BCUT2D eigenvalue weighted by molar-refractivity contribution is 5.53. The molecule has 104 valence electrons. The average molecular weight is 281 g/mol. The van der Waals surface area contributed by atoms with Crippen molar-refractivity contribution >= 4 is 11.5 Å². The van der Waals surface area contributed by atoms with Crippen molar-refractivity contribution in [3.05, 3.63) is 54.9 Å². The number of hydrogen-bond donors (Lipinski definition) is 2. The number of benzene rings is 1. The lowest BCUT2D eigenvalue weighted by Crippen LogP contribution is -1.97. The average Bonchev–Trinajstić information content (AvgIpc) is 2.96. The van der Waals surface area contributed by atoms with Crippen LogP contribution in [0.1, 0.15) is 0 Å². The number of aromatic nitrogens is 3. The molecule has 0 fully saturated rings. The summed E-state index contributed by atoms with van der Waals surface area (Å²) in [7, 11) is 0. The van der Waals surface area contributed by atoms with Crippen LogP contribution in [0.25, 0.3) is 5.82 Å². The van der Waals surface area contributed by atoms with Crippen LogP contribution < -0.4 is 0 Å². The predicted molar refractivity (Wildman–Crippen MR) is 75.3 cm³/mol. The van der Waals surface area contributed by atoms with Crippen LogP contribution in [0, 0.1) is 0 Å². The van der Waals surface area contributed by atoms with Crippen molar-refractivity contribution in [2.24, 2.45) is 10.2 Å². The number of phenols is 2. The van der Waals surface area contributed by atoms with Gasteiger partial charge in [-0.05, 0) is 24.3 Å². The first kappa shape index (κ1) is 12.8. The highest BCUT2D eigenvalue weighted by atomic mass is 16.3. The number of nitrogens with zero attached hydrogens (tertiary/aromatic N) is 5. The third-order valence-corrected chi connectivity index (χ3v) is 2.71. The summed E-state index contributed by atoms with van der Waals surface area (Å²) in [5, 5.41) is 31.0. The molecule has 2 aromatic heterocycles. The van der Waals surface area contributed by atoms with E-state index in [9.17, 15) is 10.2 Å². The predicted octanol–water partition coefficient (Wildman–Crippen LogP) is 3.09. The molecule has 1 aromatic carbocycles. The molecule has 0 bridgehead atoms. The molecular weight excluding hydrogens is 270 g/mol. The van der Waals surface area contributed by atoms with Gasteiger partial charge in [0.05, 0.1) is 6.20 Å². The van der Waals surface area contributed by atoms with Gasteiger partial charge in [-0.1, -0.05) is 6.07 Å². The minimum absolute atomic E-state index is 0.0371. The van der Waals surface area contributed by atoms with Crippen molar-refractivity contribution < 1.29 is 10.2 Å². The number of azo groups is 1. The van der Waals surface area contributed by atoms with Gasteiger partial charge < -0.3 is 10.2 Å². The van der Waals surface area contributed by atoms with Gasteiger partial charge in [0, 0.05) is 18.3 Å². The summed E-state index contributed by atoms with van der Waals surface area (Å²) >= 11 is 0. The SMILES string of the molecule is Oc1ccc(/N=N/c2ccnn2-c2ccccn2)c(O)c1. The lowest BCUT2D eigenvalue weighted by atomic mass is 10.3. The molecule has 0 aliphatic heterocycles. The summed E-state index contributed by atoms with van der Waals surface area (Å²) in [5.41, 5.74) is 0.251. The van der Waals surface area contributed by atoms with Gasteiger partial charge in [-0.25, -0.2) is 4.98 Å². The summed E-state index contributed by atoms with van der Waals surface area (Å²) < 4.78 is 1.53. The Labute approximate surface area is 119 Å². The fraction of sp³-hybridized carbons (Fsp3) is 0. The molecule has 0 atom stereocenters. The first-order valence-corrected chi connectivity index (χ1v) is 6.13. The molecule has 0 unspecified atom stereocenters. The number of phenolic OH excluding ortho intramolecular Hbond substituents is 2. The molecule has 21 heavy (non-hydrogen) atoms. The molecule has 7 heteroatoms. The zero-order valence-corrected chi connectivity index (χ0v) is 10.8. The Balaban J connectivity index is 1.93. The molecular formula is C14H11N5O2. The second-order valence-corrected chi connectivity index (χ2v) is 4.16. The monoisotopic (exact) mass is 281 g/mol. The molecule has 0 amide bonds. The van der Waals surface area contributed by atoms with E-state index in [4.69, 9.17) is 0 Å². The van der Waals surface area contributed by atoms with Gasteiger partial charge in [-0.2, -0.15) is 9.78 Å². The molecule has 2 heterocycles. The van der Waals surface area contributed by atoms with Crippen LogP contribution in [0.15, 0.2) is 65.1 Å². The van der Waals surface area contributed by atoms with Crippen molar-refractivity contribution in [1.82, 2.24) is 14.8 Å². The molecule has 3 aromatic rings. The van der Waals surface area contributed by atoms with Crippen LogP contribution >= 0.6 is 0 Å². The lowest BCUT2D eigenvalue weighted by Gasteiger charge is -2.01. The van der Waals surface area contributed by atoms with Crippen LogP contribution in [0.3, 0.4) is 0 Å². The van der Waals surface area contributed by atoms with E-state index in [-0.39, 0.29) is 17.2 Å². The maximum absolute atomic E-state index is 9.66. The number of rotatable bonds is 3. The Kier molecular flexibility index (Phi) is 3.30. The summed E-state index contributed by atoms with van der Waals surface area (Å²) in [6, 6.07) is 11.2. The summed E-state index contributed by atoms with van der Waals surface area (Å²) in [5.74, 6) is 0.903. The summed E-state index contributed by atoms with van der Waals surface area (Å²) in [6.07, 6.45) is 3.24. The van der Waals surface area contributed by atoms with Gasteiger partial charge in [-0.15, -0.1) is 10.2 Å². The Morgan fingerprint density at radius 3 is 2.62 bits per heavy atom. The molecule has 0 radical (unpaired) electrons. The fourth-order valence-electron chi connectivity index (χ4n) is 1.73. The Morgan fingerprint density at radius 2 is 1.86 bits per heavy atom. The van der Waals surface area contributed by atoms with Gasteiger partial charge in [0.25, 0.3) is 0 Å². The van der Waals surface area contributed by atoms with E-state index in [2.05, 4.69) is 20.3 Å². The standard InChI is InChI=1S/C14H11N5O2/c20-10-4-5-11(12(21)9-10)17-18-14-6-8-16-19(14)13-3-1-2-7-15-13/h1-9,20-21H/b18-17+. The van der Waals surface area contributed by atoms with Gasteiger partial charge in [0.1, 0.15) is 17.2 Å². The maximum atomic E-state index is 9.66. The van der Waals surface area contributed by atoms with Crippen LogP contribution in [0.2, 0.25) is 0 Å². The third kappa shape index (κ3) is 2.71. The Hall–Kier alpha value is -3.22. The van der Waals surface area contributed by atoms with Crippen molar-refractivity contribution in [3.8, 4) is 17.3 Å². The van der Waals surface area contributed by atoms with Crippen molar-refractivity contribution in [1.29, 1.82) is 0 Å². The highest BCUT2D eigenvalue weighted by Crippen LogP contribution is 2.31. The maximum Gasteiger partial charge on any atom is 0.179 e. The summed E-state index contributed by atoms with van der Waals surface area (Å²) in [6.45, 7) is 0. The number of hydrogen-bond acceptors (Lipinski definition) is 6. The topological polar surface area (TPSA) is 95.9 Å². The molecule has 7 nitrogen and oxygen atoms in total. The van der Waals surface area contributed by atoms with E-state index < -0.39 is 0 Å². The molecule has 0 aliphatic carbocycles. The fourth-order valence-corrected chi connectivity index (χ4v) is 1.73. The molecule has 0 saturated heterocycles. The number of pyridine rings is 1. The van der Waals surface area contributed by atoms with Gasteiger partial charge in [-0.3, -0.25) is 0 Å². The minimum Gasteiger partial charge on any atom is -0.508 e. The molecule has 0 saturated carbocycles. The molecule has 0 aliphatic rings. The zero-order chi connectivity index (χ0) is 14.7. The van der Waals surface area contributed by atoms with E-state index in [1.165, 1.54) is 22.9 Å². The van der Waals surface area contributed by atoms with E-state index in [1.54, 1.807) is 24.5 Å². The molecule has 2 N–H and O–H groups in total. The number of aromatic hydroxyl groups is 2. The summed E-state index contributed by atoms with van der Waals surface area (Å²) in [4.78, 5) is 4.18. The van der Waals surface area contributed by atoms with Gasteiger partial charge in [0.15, 0.2) is 11.6 Å². The van der Waals surface area contributed by atoms with Crippen LogP contribution in [-0.4, -0.2) is 25.0 Å². The van der Waals surface area contributed by atoms with E-state index >= 15 is 0 Å². The molecule has 0 spiro atoms. The Bertz CT molecular complexity index is 783. The van der Waals surface area contributed by atoms with E-state index in [1.807, 2.05) is 12.1 Å². The normalized spacial score (nSPS) is 11.0. The van der Waals surface area contributed by atoms with Gasteiger partial charge >= 0.3 is 0 Å². The lowest BCUT2D eigenvalue weighted by molar-refractivity contribution is 0.451. The minimum atomic E-state index is -0.150. The van der Waals surface area contributed by atoms with Crippen molar-refractivity contribution in [2.75, 3.05) is 0 Å². The van der Waals surface area contributed by atoms with Crippen molar-refractivity contribution in [2.45, 2.75) is 0 Å². The van der Waals surface area contributed by atoms with Crippen LogP contribution in [0.5, 0.6) is 11.5 Å². The molecule has 3 rings (SSSR count). The van der Waals surface area contributed by atoms with E-state index in [0.717, 1.165) is 0 Å². The van der Waals surface area contributed by atoms with Crippen LogP contribution in [0.4, 0.5) is 11.5 Å². The Morgan fingerprint density at radius 1 is 0.952 bits per heavy atom. The largest absolute Gasteiger partial charge is 0.508 e. The first-order valence-electron chi connectivity index (χ1n) is 6.13. The van der Waals surface area contributed by atoms with Crippen molar-refractivity contribution in [3.63, 3.8) is 0 Å². The first-order chi connectivity index (χ1) is 10.2. The zero-order valence-electron chi connectivity index (χ0n) is 10.8. The quantitative estimate of drug-likeness (QED) is 0.721. The third-order valence-electron chi connectivity index (χ3n) is 2.71. The highest BCUT2D eigenvalue weighted by Gasteiger charge is 2.05. The smallest absolute Gasteiger partial charge is 0.179 e. The van der Waals surface area contributed by atoms with Gasteiger partial charge in [0.2, 0.25) is 0 Å². The second-order valence-electron chi connectivity index (χ2n) is 4.16. The second kappa shape index (κ2) is 5.41. The van der Waals surface area contributed by atoms with Crippen LogP contribution in [-0.2, 0) is 0 Å².